The second-order valence-electron chi connectivity index (χ2n) is 6.88. The first kappa shape index (κ1) is 23.6. The first-order chi connectivity index (χ1) is 11.6. The highest BCUT2D eigenvalue weighted by Crippen LogP contribution is 2.12. The number of carbonyl (C=O) groups is 3. The summed E-state index contributed by atoms with van der Waals surface area (Å²) in [4.78, 5) is 36.5. The van der Waals surface area contributed by atoms with E-state index in [0.717, 1.165) is 0 Å². The van der Waals surface area contributed by atoms with Gasteiger partial charge in [0.1, 0.15) is 17.7 Å². The molecule has 0 heterocycles. The summed E-state index contributed by atoms with van der Waals surface area (Å²) in [5.74, 6) is -0.335. The molecule has 25 heavy (non-hydrogen) atoms. The Morgan fingerprint density at radius 3 is 2.20 bits per heavy atom. The zero-order valence-electron chi connectivity index (χ0n) is 16.3. The normalized spacial score (nSPS) is 14.8. The number of hydrogen-bond donors (Lipinski definition) is 2. The van der Waals surface area contributed by atoms with Crippen LogP contribution in [0.4, 0.5) is 4.79 Å². The van der Waals surface area contributed by atoms with Gasteiger partial charge in [0.25, 0.3) is 0 Å². The lowest BCUT2D eigenvalue weighted by Crippen LogP contribution is -2.55. The minimum Gasteiger partial charge on any atom is -0.467 e. The van der Waals surface area contributed by atoms with Crippen LogP contribution in [0.25, 0.3) is 0 Å². The van der Waals surface area contributed by atoms with Crippen molar-refractivity contribution < 1.29 is 23.9 Å². The molecule has 0 rings (SSSR count). The summed E-state index contributed by atoms with van der Waals surface area (Å²) in [6.45, 7) is 9.03. The van der Waals surface area contributed by atoms with Crippen LogP contribution in [0, 0.1) is 5.92 Å². The van der Waals surface area contributed by atoms with Crippen molar-refractivity contribution in [1.29, 1.82) is 0 Å². The summed E-state index contributed by atoms with van der Waals surface area (Å²) in [6, 6.07) is -1.53. The van der Waals surface area contributed by atoms with E-state index in [1.807, 2.05) is 20.1 Å². The van der Waals surface area contributed by atoms with Gasteiger partial charge in [0.15, 0.2) is 0 Å². The molecule has 0 aromatic carbocycles. The maximum atomic E-state index is 12.6. The molecule has 0 fully saturated rings. The molecule has 0 radical (unpaired) electrons. The monoisotopic (exact) mass is 376 g/mol. The van der Waals surface area contributed by atoms with Crippen LogP contribution in [-0.4, -0.2) is 54.8 Å². The Morgan fingerprint density at radius 2 is 1.76 bits per heavy atom. The maximum Gasteiger partial charge on any atom is 0.408 e. The molecule has 8 heteroatoms. The van der Waals surface area contributed by atoms with Gasteiger partial charge in [0.2, 0.25) is 5.91 Å². The molecule has 0 bridgehead atoms. The average molecular weight is 377 g/mol. The molecule has 0 aromatic heterocycles. The van der Waals surface area contributed by atoms with E-state index in [1.54, 1.807) is 32.5 Å². The molecule has 0 aliphatic rings. The summed E-state index contributed by atoms with van der Waals surface area (Å²) < 4.78 is 9.98. The Bertz CT molecular complexity index is 451. The zero-order valence-corrected chi connectivity index (χ0v) is 17.1. The first-order valence-electron chi connectivity index (χ1n) is 8.42. The molecule has 0 aliphatic carbocycles. The van der Waals surface area contributed by atoms with Gasteiger partial charge in [0, 0.05) is 0 Å². The van der Waals surface area contributed by atoms with Crippen LogP contribution in [0.3, 0.4) is 0 Å². The first-order valence-corrected chi connectivity index (χ1v) is 9.81. The lowest BCUT2D eigenvalue weighted by molar-refractivity contribution is -0.145. The van der Waals surface area contributed by atoms with E-state index < -0.39 is 35.7 Å². The van der Waals surface area contributed by atoms with Gasteiger partial charge in [-0.2, -0.15) is 11.8 Å². The summed E-state index contributed by atoms with van der Waals surface area (Å²) in [5, 5.41) is 5.30. The smallest absolute Gasteiger partial charge is 0.408 e. The van der Waals surface area contributed by atoms with Gasteiger partial charge in [-0.25, -0.2) is 9.59 Å². The largest absolute Gasteiger partial charge is 0.467 e. The van der Waals surface area contributed by atoms with Crippen LogP contribution in [-0.2, 0) is 19.1 Å². The van der Waals surface area contributed by atoms with Crippen LogP contribution >= 0.6 is 11.8 Å². The molecule has 7 nitrogen and oxygen atoms in total. The Balaban J connectivity index is 5.08. The Labute approximate surface area is 155 Å². The minimum absolute atomic E-state index is 0.119. The number of alkyl carbamates (subject to hydrolysis) is 1. The van der Waals surface area contributed by atoms with Crippen LogP contribution in [0.15, 0.2) is 0 Å². The topological polar surface area (TPSA) is 93.7 Å². The molecule has 0 aromatic rings. The van der Waals surface area contributed by atoms with Gasteiger partial charge >= 0.3 is 12.1 Å². The van der Waals surface area contributed by atoms with E-state index in [9.17, 15) is 14.4 Å². The third-order valence-electron chi connectivity index (χ3n) is 3.58. The van der Waals surface area contributed by atoms with Crippen molar-refractivity contribution in [2.24, 2.45) is 5.92 Å². The predicted octanol–water partition coefficient (Wildman–Crippen LogP) is 2.34. The molecule has 0 spiro atoms. The SMILES string of the molecule is CC[C@H](C)[C@@H](NC(=O)OC(C)(C)C)C(=O)N[C@H](CCSC)C(=O)OC. The number of ether oxygens (including phenoxy) is 2. The third kappa shape index (κ3) is 9.57. The number of rotatable bonds is 9. The van der Waals surface area contributed by atoms with Crippen LogP contribution in [0.2, 0.25) is 0 Å². The molecule has 0 aliphatic heterocycles. The molecule has 3 atom stereocenters. The minimum atomic E-state index is -0.790. The molecule has 0 unspecified atom stereocenters. The van der Waals surface area contributed by atoms with E-state index in [0.29, 0.717) is 18.6 Å². The van der Waals surface area contributed by atoms with E-state index in [4.69, 9.17) is 9.47 Å². The van der Waals surface area contributed by atoms with Gasteiger partial charge in [-0.3, -0.25) is 4.79 Å². The maximum absolute atomic E-state index is 12.6. The number of amides is 2. The fraction of sp³-hybridized carbons (Fsp3) is 0.824. The van der Waals surface area contributed by atoms with Crippen molar-refractivity contribution in [2.45, 2.75) is 65.1 Å². The van der Waals surface area contributed by atoms with E-state index in [-0.39, 0.29) is 5.92 Å². The lowest BCUT2D eigenvalue weighted by atomic mass is 9.98. The zero-order chi connectivity index (χ0) is 19.6. The number of esters is 1. The van der Waals surface area contributed by atoms with Crippen molar-refractivity contribution in [3.05, 3.63) is 0 Å². The highest BCUT2D eigenvalue weighted by molar-refractivity contribution is 7.98. The van der Waals surface area contributed by atoms with E-state index in [1.165, 1.54) is 7.11 Å². The van der Waals surface area contributed by atoms with Crippen LogP contribution in [0.5, 0.6) is 0 Å². The second kappa shape index (κ2) is 11.2. The third-order valence-corrected chi connectivity index (χ3v) is 4.22. The van der Waals surface area contributed by atoms with Crippen LogP contribution in [0.1, 0.15) is 47.5 Å². The number of methoxy groups -OCH3 is 1. The molecule has 0 saturated heterocycles. The standard InChI is InChI=1S/C17H32N2O5S/c1-8-11(2)13(19-16(22)24-17(3,4)5)14(20)18-12(9-10-25-7)15(21)23-6/h11-13H,8-10H2,1-7H3,(H,18,20)(H,19,22)/t11-,12+,13+/m0/s1. The Morgan fingerprint density at radius 1 is 1.16 bits per heavy atom. The van der Waals surface area contributed by atoms with Gasteiger partial charge in [-0.05, 0) is 45.1 Å². The number of thioether (sulfide) groups is 1. The molecule has 2 amide bonds. The molecule has 0 saturated carbocycles. The highest BCUT2D eigenvalue weighted by atomic mass is 32.2. The van der Waals surface area contributed by atoms with Crippen molar-refractivity contribution in [3.63, 3.8) is 0 Å². The summed E-state index contributed by atoms with van der Waals surface area (Å²) in [6.07, 6.45) is 2.40. The molecule has 2 N–H and O–H groups in total. The second-order valence-corrected chi connectivity index (χ2v) is 7.86. The fourth-order valence-electron chi connectivity index (χ4n) is 2.02. The van der Waals surface area contributed by atoms with Crippen molar-refractivity contribution in [1.82, 2.24) is 10.6 Å². The van der Waals surface area contributed by atoms with Gasteiger partial charge in [-0.1, -0.05) is 20.3 Å². The molecular weight excluding hydrogens is 344 g/mol. The van der Waals surface area contributed by atoms with E-state index >= 15 is 0 Å². The predicted molar refractivity (Wildman–Crippen MR) is 99.6 cm³/mol. The summed E-state index contributed by atoms with van der Waals surface area (Å²) in [7, 11) is 1.28. The van der Waals surface area contributed by atoms with Gasteiger partial charge < -0.3 is 20.1 Å². The number of nitrogens with one attached hydrogen (secondary N) is 2. The lowest BCUT2D eigenvalue weighted by Gasteiger charge is -2.27. The highest BCUT2D eigenvalue weighted by Gasteiger charge is 2.31. The van der Waals surface area contributed by atoms with Crippen molar-refractivity contribution >= 4 is 29.7 Å². The van der Waals surface area contributed by atoms with Gasteiger partial charge in [0.05, 0.1) is 7.11 Å². The van der Waals surface area contributed by atoms with E-state index in [2.05, 4.69) is 10.6 Å². The Kier molecular flexibility index (Phi) is 10.6. The number of hydrogen-bond acceptors (Lipinski definition) is 6. The quantitative estimate of drug-likeness (QED) is 0.600. The van der Waals surface area contributed by atoms with Gasteiger partial charge in [-0.15, -0.1) is 0 Å². The number of carbonyl (C=O) groups excluding carboxylic acids is 3. The Hall–Kier alpha value is -1.44. The van der Waals surface area contributed by atoms with Crippen LogP contribution < -0.4 is 10.6 Å². The molecule has 146 valence electrons. The molecular formula is C17H32N2O5S. The van der Waals surface area contributed by atoms with Crippen molar-refractivity contribution in [3.8, 4) is 0 Å². The fourth-order valence-corrected chi connectivity index (χ4v) is 2.50. The summed E-state index contributed by atoms with van der Waals surface area (Å²) >= 11 is 1.57. The van der Waals surface area contributed by atoms with Crippen molar-refractivity contribution in [2.75, 3.05) is 19.1 Å². The average Bonchev–Trinajstić information content (AvgIpc) is 2.53. The summed E-state index contributed by atoms with van der Waals surface area (Å²) in [5.41, 5.74) is -0.659.